The summed E-state index contributed by atoms with van der Waals surface area (Å²) in [6.07, 6.45) is 3.27. The van der Waals surface area contributed by atoms with Crippen LogP contribution in [0.1, 0.15) is 50.2 Å². The minimum absolute atomic E-state index is 0.0400. The van der Waals surface area contributed by atoms with E-state index in [-0.39, 0.29) is 11.9 Å². The van der Waals surface area contributed by atoms with Crippen LogP contribution >= 0.6 is 0 Å². The van der Waals surface area contributed by atoms with Crippen molar-refractivity contribution in [2.75, 3.05) is 41.7 Å². The molecule has 1 atom stereocenters. The van der Waals surface area contributed by atoms with E-state index in [4.69, 9.17) is 0 Å². The lowest BCUT2D eigenvalue weighted by Gasteiger charge is -2.36. The standard InChI is InChI=1S/C31H38N4O2/c1-3-24(2)28-13-7-8-14-29(28)33-31(37)35-22-20-34(21-23-35)27-18-16-26(17-19-27)32-30(36)15-9-12-25-10-5-4-6-11-25/h4-8,10-11,13-14,16-19,24H,3,9,12,15,20-23H2,1-2H3,(H,32,36)(H,33,37). The number of anilines is 3. The van der Waals surface area contributed by atoms with Crippen molar-refractivity contribution in [2.24, 2.45) is 0 Å². The van der Waals surface area contributed by atoms with Gasteiger partial charge in [-0.15, -0.1) is 0 Å². The van der Waals surface area contributed by atoms with Crippen molar-refractivity contribution in [3.63, 3.8) is 0 Å². The Balaban J connectivity index is 1.22. The van der Waals surface area contributed by atoms with E-state index in [1.165, 1.54) is 11.1 Å². The molecule has 0 saturated carbocycles. The van der Waals surface area contributed by atoms with Gasteiger partial charge in [0.2, 0.25) is 5.91 Å². The summed E-state index contributed by atoms with van der Waals surface area (Å²) < 4.78 is 0. The van der Waals surface area contributed by atoms with E-state index >= 15 is 0 Å². The van der Waals surface area contributed by atoms with Gasteiger partial charge in [0, 0.05) is 49.7 Å². The summed E-state index contributed by atoms with van der Waals surface area (Å²) in [6, 6.07) is 26.3. The zero-order chi connectivity index (χ0) is 26.0. The number of nitrogens with one attached hydrogen (secondary N) is 2. The highest BCUT2D eigenvalue weighted by Gasteiger charge is 2.22. The third-order valence-electron chi connectivity index (χ3n) is 7.14. The number of amides is 3. The quantitative estimate of drug-likeness (QED) is 0.353. The number of carbonyl (C=O) groups is 2. The van der Waals surface area contributed by atoms with E-state index in [0.29, 0.717) is 25.4 Å². The second-order valence-corrected chi connectivity index (χ2v) is 9.73. The van der Waals surface area contributed by atoms with Gasteiger partial charge < -0.3 is 20.4 Å². The maximum Gasteiger partial charge on any atom is 0.321 e. The van der Waals surface area contributed by atoms with Crippen LogP contribution in [0.4, 0.5) is 21.9 Å². The van der Waals surface area contributed by atoms with Gasteiger partial charge in [0.1, 0.15) is 0 Å². The van der Waals surface area contributed by atoms with Crippen molar-refractivity contribution >= 4 is 29.0 Å². The molecule has 194 valence electrons. The number of piperazine rings is 1. The summed E-state index contributed by atoms with van der Waals surface area (Å²) in [4.78, 5) is 29.4. The maximum absolute atomic E-state index is 12.9. The fourth-order valence-corrected chi connectivity index (χ4v) is 4.70. The summed E-state index contributed by atoms with van der Waals surface area (Å²) in [6.45, 7) is 7.22. The van der Waals surface area contributed by atoms with E-state index in [9.17, 15) is 9.59 Å². The van der Waals surface area contributed by atoms with Gasteiger partial charge in [-0.1, -0.05) is 62.4 Å². The summed E-state index contributed by atoms with van der Waals surface area (Å²) in [5, 5.41) is 6.13. The minimum Gasteiger partial charge on any atom is -0.368 e. The van der Waals surface area contributed by atoms with E-state index in [1.807, 2.05) is 65.6 Å². The molecule has 0 bridgehead atoms. The third kappa shape index (κ3) is 7.35. The minimum atomic E-state index is -0.0410. The highest BCUT2D eigenvalue weighted by atomic mass is 16.2. The maximum atomic E-state index is 12.9. The van der Waals surface area contributed by atoms with Crippen LogP contribution < -0.4 is 15.5 Å². The molecule has 1 aliphatic rings. The molecule has 1 fully saturated rings. The van der Waals surface area contributed by atoms with Crippen molar-refractivity contribution in [1.82, 2.24) is 4.90 Å². The molecule has 0 radical (unpaired) electrons. The fraction of sp³-hybridized carbons (Fsp3) is 0.355. The van der Waals surface area contributed by atoms with Crippen molar-refractivity contribution in [3.05, 3.63) is 90.0 Å². The topological polar surface area (TPSA) is 64.7 Å². The van der Waals surface area contributed by atoms with Crippen LogP contribution in [-0.4, -0.2) is 43.0 Å². The van der Waals surface area contributed by atoms with Crippen molar-refractivity contribution < 1.29 is 9.59 Å². The summed E-state index contributed by atoms with van der Waals surface area (Å²) >= 11 is 0. The Hall–Kier alpha value is -3.80. The number of benzene rings is 3. The molecule has 3 amide bonds. The molecule has 37 heavy (non-hydrogen) atoms. The first-order valence-electron chi connectivity index (χ1n) is 13.4. The summed E-state index contributed by atoms with van der Waals surface area (Å²) in [5.74, 6) is 0.439. The van der Waals surface area contributed by atoms with Gasteiger partial charge in [-0.25, -0.2) is 4.79 Å². The molecule has 0 aliphatic carbocycles. The summed E-state index contributed by atoms with van der Waals surface area (Å²) in [7, 11) is 0. The van der Waals surface area contributed by atoms with Gasteiger partial charge in [-0.3, -0.25) is 4.79 Å². The first kappa shape index (κ1) is 26.3. The monoisotopic (exact) mass is 498 g/mol. The SMILES string of the molecule is CCC(C)c1ccccc1NC(=O)N1CCN(c2ccc(NC(=O)CCCc3ccccc3)cc2)CC1. The van der Waals surface area contributed by atoms with Crippen molar-refractivity contribution in [1.29, 1.82) is 0 Å². The van der Waals surface area contributed by atoms with Crippen LogP contribution in [0.5, 0.6) is 0 Å². The molecule has 3 aromatic carbocycles. The van der Waals surface area contributed by atoms with Gasteiger partial charge in [-0.2, -0.15) is 0 Å². The largest absolute Gasteiger partial charge is 0.368 e. The van der Waals surface area contributed by atoms with Gasteiger partial charge in [0.15, 0.2) is 0 Å². The molecule has 1 saturated heterocycles. The average molecular weight is 499 g/mol. The lowest BCUT2D eigenvalue weighted by molar-refractivity contribution is -0.116. The van der Waals surface area contributed by atoms with E-state index in [0.717, 1.165) is 49.4 Å². The molecule has 1 heterocycles. The number of hydrogen-bond acceptors (Lipinski definition) is 3. The Morgan fingerprint density at radius 1 is 0.838 bits per heavy atom. The third-order valence-corrected chi connectivity index (χ3v) is 7.14. The Kier molecular flexibility index (Phi) is 9.19. The smallest absolute Gasteiger partial charge is 0.321 e. The van der Waals surface area contributed by atoms with Crippen LogP contribution in [0.15, 0.2) is 78.9 Å². The van der Waals surface area contributed by atoms with Crippen LogP contribution in [0.25, 0.3) is 0 Å². The Labute approximate surface area is 220 Å². The zero-order valence-corrected chi connectivity index (χ0v) is 22.0. The molecule has 2 N–H and O–H groups in total. The molecular weight excluding hydrogens is 460 g/mol. The van der Waals surface area contributed by atoms with Crippen molar-refractivity contribution in [2.45, 2.75) is 45.4 Å². The second-order valence-electron chi connectivity index (χ2n) is 9.73. The molecule has 6 heteroatoms. The average Bonchev–Trinajstić information content (AvgIpc) is 2.94. The van der Waals surface area contributed by atoms with Crippen LogP contribution in [0, 0.1) is 0 Å². The van der Waals surface area contributed by atoms with Gasteiger partial charge >= 0.3 is 6.03 Å². The zero-order valence-electron chi connectivity index (χ0n) is 22.0. The number of urea groups is 1. The predicted molar refractivity (Wildman–Crippen MR) is 152 cm³/mol. The van der Waals surface area contributed by atoms with Gasteiger partial charge in [0.05, 0.1) is 0 Å². The lowest BCUT2D eigenvalue weighted by Crippen LogP contribution is -2.50. The molecule has 0 aromatic heterocycles. The predicted octanol–water partition coefficient (Wildman–Crippen LogP) is 6.52. The molecule has 3 aromatic rings. The highest BCUT2D eigenvalue weighted by Crippen LogP contribution is 2.27. The Bertz CT molecular complexity index is 1160. The van der Waals surface area contributed by atoms with Crippen LogP contribution in [0.3, 0.4) is 0 Å². The highest BCUT2D eigenvalue weighted by molar-refractivity contribution is 5.91. The first-order chi connectivity index (χ1) is 18.0. The number of rotatable bonds is 9. The van der Waals surface area contributed by atoms with E-state index < -0.39 is 0 Å². The van der Waals surface area contributed by atoms with Gasteiger partial charge in [-0.05, 0) is 66.6 Å². The number of carbonyl (C=O) groups excluding carboxylic acids is 2. The molecule has 0 spiro atoms. The second kappa shape index (κ2) is 12.9. The molecule has 1 unspecified atom stereocenters. The van der Waals surface area contributed by atoms with Gasteiger partial charge in [0.25, 0.3) is 0 Å². The van der Waals surface area contributed by atoms with Crippen LogP contribution in [-0.2, 0) is 11.2 Å². The number of hydrogen-bond donors (Lipinski definition) is 2. The Morgan fingerprint density at radius 2 is 1.51 bits per heavy atom. The molecule has 4 rings (SSSR count). The molecule has 1 aliphatic heterocycles. The van der Waals surface area contributed by atoms with E-state index in [2.05, 4.69) is 47.6 Å². The molecular formula is C31H38N4O2. The fourth-order valence-electron chi connectivity index (χ4n) is 4.70. The normalized spacial score (nSPS) is 14.2. The Morgan fingerprint density at radius 3 is 2.22 bits per heavy atom. The number of para-hydroxylation sites is 1. The van der Waals surface area contributed by atoms with Crippen molar-refractivity contribution in [3.8, 4) is 0 Å². The van der Waals surface area contributed by atoms with E-state index in [1.54, 1.807) is 0 Å². The lowest BCUT2D eigenvalue weighted by atomic mass is 9.97. The molecule has 6 nitrogen and oxygen atoms in total. The number of nitrogens with zero attached hydrogens (tertiary/aromatic N) is 2. The summed E-state index contributed by atoms with van der Waals surface area (Å²) in [5.41, 5.74) is 5.26. The first-order valence-corrected chi connectivity index (χ1v) is 13.4. The number of aryl methyl sites for hydroxylation is 1. The van der Waals surface area contributed by atoms with Crippen LogP contribution in [0.2, 0.25) is 0 Å².